The largest absolute Gasteiger partial charge is 0.356 e. The van der Waals surface area contributed by atoms with Gasteiger partial charge in [-0.05, 0) is 24.6 Å². The SMILES string of the molecule is CN=C(NCCCN1CCN(c2ncccn2)CC1)N(C)Cc1ccccc1. The van der Waals surface area contributed by atoms with Crippen LogP contribution in [0.25, 0.3) is 0 Å². The number of nitrogens with one attached hydrogen (secondary N) is 1. The summed E-state index contributed by atoms with van der Waals surface area (Å²) in [6.07, 6.45) is 4.71. The molecule has 7 heteroatoms. The summed E-state index contributed by atoms with van der Waals surface area (Å²) < 4.78 is 0. The van der Waals surface area contributed by atoms with E-state index in [9.17, 15) is 0 Å². The molecule has 0 amide bonds. The molecule has 0 radical (unpaired) electrons. The van der Waals surface area contributed by atoms with E-state index < -0.39 is 0 Å². The molecule has 0 bridgehead atoms. The fourth-order valence-electron chi connectivity index (χ4n) is 3.45. The number of nitrogens with zero attached hydrogens (tertiary/aromatic N) is 6. The highest BCUT2D eigenvalue weighted by molar-refractivity contribution is 5.79. The zero-order valence-corrected chi connectivity index (χ0v) is 17.0. The number of rotatable bonds is 7. The third-order valence-electron chi connectivity index (χ3n) is 4.98. The maximum atomic E-state index is 4.41. The van der Waals surface area contributed by atoms with E-state index in [1.54, 1.807) is 0 Å². The molecule has 2 heterocycles. The molecule has 0 unspecified atom stereocenters. The summed E-state index contributed by atoms with van der Waals surface area (Å²) in [4.78, 5) is 20.0. The van der Waals surface area contributed by atoms with Crippen molar-refractivity contribution < 1.29 is 0 Å². The monoisotopic (exact) mass is 381 g/mol. The first kappa shape index (κ1) is 20.1. The minimum Gasteiger partial charge on any atom is -0.356 e. The zero-order valence-electron chi connectivity index (χ0n) is 17.0. The maximum Gasteiger partial charge on any atom is 0.225 e. The average molecular weight is 382 g/mol. The van der Waals surface area contributed by atoms with Crippen molar-refractivity contribution in [2.45, 2.75) is 13.0 Å². The van der Waals surface area contributed by atoms with Crippen molar-refractivity contribution in [1.29, 1.82) is 0 Å². The Kier molecular flexibility index (Phi) is 7.61. The lowest BCUT2D eigenvalue weighted by molar-refractivity contribution is 0.254. The normalized spacial score (nSPS) is 15.5. The molecular weight excluding hydrogens is 350 g/mol. The molecule has 0 atom stereocenters. The van der Waals surface area contributed by atoms with Crippen molar-refractivity contribution in [3.8, 4) is 0 Å². The van der Waals surface area contributed by atoms with Gasteiger partial charge in [-0.2, -0.15) is 0 Å². The molecule has 1 fully saturated rings. The van der Waals surface area contributed by atoms with E-state index in [1.165, 1.54) is 5.56 Å². The number of piperazine rings is 1. The van der Waals surface area contributed by atoms with Gasteiger partial charge in [0.25, 0.3) is 0 Å². The Balaban J connectivity index is 1.34. The number of hydrogen-bond acceptors (Lipinski definition) is 5. The Morgan fingerprint density at radius 2 is 1.79 bits per heavy atom. The van der Waals surface area contributed by atoms with Crippen LogP contribution in [0.4, 0.5) is 5.95 Å². The summed E-state index contributed by atoms with van der Waals surface area (Å²) in [5, 5.41) is 3.48. The predicted molar refractivity (Wildman–Crippen MR) is 115 cm³/mol. The van der Waals surface area contributed by atoms with Crippen LogP contribution < -0.4 is 10.2 Å². The zero-order chi connectivity index (χ0) is 19.6. The molecule has 1 N–H and O–H groups in total. The molecule has 150 valence electrons. The fraction of sp³-hybridized carbons (Fsp3) is 0.476. The van der Waals surface area contributed by atoms with Crippen molar-refractivity contribution in [2.24, 2.45) is 4.99 Å². The van der Waals surface area contributed by atoms with Gasteiger partial charge in [0, 0.05) is 65.8 Å². The van der Waals surface area contributed by atoms with Gasteiger partial charge in [0.15, 0.2) is 5.96 Å². The molecule has 1 aliphatic rings. The number of benzene rings is 1. The van der Waals surface area contributed by atoms with Gasteiger partial charge in [0.2, 0.25) is 5.95 Å². The summed E-state index contributed by atoms with van der Waals surface area (Å²) in [6, 6.07) is 12.3. The summed E-state index contributed by atoms with van der Waals surface area (Å²) in [7, 11) is 3.92. The molecule has 7 nitrogen and oxygen atoms in total. The Morgan fingerprint density at radius 3 is 2.46 bits per heavy atom. The summed E-state index contributed by atoms with van der Waals surface area (Å²) >= 11 is 0. The van der Waals surface area contributed by atoms with Gasteiger partial charge in [0.1, 0.15) is 0 Å². The van der Waals surface area contributed by atoms with Gasteiger partial charge in [-0.1, -0.05) is 30.3 Å². The van der Waals surface area contributed by atoms with Gasteiger partial charge in [0.05, 0.1) is 0 Å². The van der Waals surface area contributed by atoms with Crippen LogP contribution in [0.1, 0.15) is 12.0 Å². The van der Waals surface area contributed by atoms with Crippen molar-refractivity contribution >= 4 is 11.9 Å². The smallest absolute Gasteiger partial charge is 0.225 e. The second kappa shape index (κ2) is 10.6. The van der Waals surface area contributed by atoms with Gasteiger partial charge >= 0.3 is 0 Å². The number of guanidine groups is 1. The van der Waals surface area contributed by atoms with Crippen molar-refractivity contribution in [2.75, 3.05) is 58.3 Å². The number of aliphatic imine (C=N–C) groups is 1. The van der Waals surface area contributed by atoms with Gasteiger partial charge in [-0.15, -0.1) is 0 Å². The first-order valence-electron chi connectivity index (χ1n) is 9.96. The minimum atomic E-state index is 0.842. The van der Waals surface area contributed by atoms with Crippen LogP contribution in [-0.2, 0) is 6.54 Å². The average Bonchev–Trinajstić information content (AvgIpc) is 2.75. The quantitative estimate of drug-likeness (QED) is 0.448. The Hall–Kier alpha value is -2.67. The highest BCUT2D eigenvalue weighted by Gasteiger charge is 2.18. The topological polar surface area (TPSA) is 59.9 Å². The van der Waals surface area contributed by atoms with E-state index in [0.717, 1.165) is 64.1 Å². The van der Waals surface area contributed by atoms with Crippen LogP contribution in [0, 0.1) is 0 Å². The molecule has 28 heavy (non-hydrogen) atoms. The number of aromatic nitrogens is 2. The lowest BCUT2D eigenvalue weighted by Gasteiger charge is -2.34. The van der Waals surface area contributed by atoms with Crippen LogP contribution in [0.2, 0.25) is 0 Å². The molecule has 3 rings (SSSR count). The molecule has 1 saturated heterocycles. The van der Waals surface area contributed by atoms with Crippen molar-refractivity contribution in [3.63, 3.8) is 0 Å². The lowest BCUT2D eigenvalue weighted by Crippen LogP contribution is -2.47. The van der Waals surface area contributed by atoms with E-state index in [-0.39, 0.29) is 0 Å². The number of hydrogen-bond donors (Lipinski definition) is 1. The highest BCUT2D eigenvalue weighted by atomic mass is 15.3. The van der Waals surface area contributed by atoms with E-state index in [4.69, 9.17) is 0 Å². The second-order valence-electron chi connectivity index (χ2n) is 7.05. The minimum absolute atomic E-state index is 0.842. The van der Waals surface area contributed by atoms with E-state index in [2.05, 4.69) is 66.3 Å². The standard InChI is InChI=1S/C21H31N7/c1-22-20(26(2)18-19-8-4-3-5-9-19)23-12-7-13-27-14-16-28(17-15-27)21-24-10-6-11-25-21/h3-6,8-11H,7,12-18H2,1-2H3,(H,22,23). The highest BCUT2D eigenvalue weighted by Crippen LogP contribution is 2.09. The molecule has 2 aromatic rings. The third-order valence-corrected chi connectivity index (χ3v) is 4.98. The summed E-state index contributed by atoms with van der Waals surface area (Å²) in [5.74, 6) is 1.78. The number of anilines is 1. The maximum absolute atomic E-state index is 4.41. The fourth-order valence-corrected chi connectivity index (χ4v) is 3.45. The lowest BCUT2D eigenvalue weighted by atomic mass is 10.2. The Bertz CT molecular complexity index is 712. The second-order valence-corrected chi connectivity index (χ2v) is 7.05. The van der Waals surface area contributed by atoms with Crippen LogP contribution in [0.15, 0.2) is 53.8 Å². The van der Waals surface area contributed by atoms with Gasteiger partial charge < -0.3 is 15.1 Å². The molecule has 0 spiro atoms. The van der Waals surface area contributed by atoms with Crippen molar-refractivity contribution in [1.82, 2.24) is 25.1 Å². The molecule has 0 aliphatic carbocycles. The first-order valence-corrected chi connectivity index (χ1v) is 9.96. The van der Waals surface area contributed by atoms with Crippen LogP contribution in [-0.4, -0.2) is 79.1 Å². The molecule has 1 aliphatic heterocycles. The molecular formula is C21H31N7. The van der Waals surface area contributed by atoms with Crippen LogP contribution in [0.3, 0.4) is 0 Å². The van der Waals surface area contributed by atoms with Gasteiger partial charge in [-0.25, -0.2) is 9.97 Å². The summed E-state index contributed by atoms with van der Waals surface area (Å²) in [6.45, 7) is 6.95. The third kappa shape index (κ3) is 5.92. The van der Waals surface area contributed by atoms with E-state index in [0.29, 0.717) is 0 Å². The van der Waals surface area contributed by atoms with Crippen molar-refractivity contribution in [3.05, 3.63) is 54.4 Å². The summed E-state index contributed by atoms with van der Waals surface area (Å²) in [5.41, 5.74) is 1.29. The van der Waals surface area contributed by atoms with E-state index >= 15 is 0 Å². The first-order chi connectivity index (χ1) is 13.8. The molecule has 1 aromatic carbocycles. The van der Waals surface area contributed by atoms with Gasteiger partial charge in [-0.3, -0.25) is 9.89 Å². The molecule has 0 saturated carbocycles. The van der Waals surface area contributed by atoms with E-state index in [1.807, 2.05) is 31.6 Å². The predicted octanol–water partition coefficient (Wildman–Crippen LogP) is 1.70. The molecule has 1 aromatic heterocycles. The van der Waals surface area contributed by atoms with Crippen LogP contribution >= 0.6 is 0 Å². The Morgan fingerprint density at radius 1 is 1.07 bits per heavy atom. The van der Waals surface area contributed by atoms with Crippen LogP contribution in [0.5, 0.6) is 0 Å². The Labute approximate surface area is 168 Å².